The molecular weight excluding hydrogens is 326 g/mol. The van der Waals surface area contributed by atoms with E-state index in [1.165, 1.54) is 32.9 Å². The molecule has 0 radical (unpaired) electrons. The fourth-order valence-corrected chi connectivity index (χ4v) is 4.56. The number of hydrogen-bond acceptors (Lipinski definition) is 4. The summed E-state index contributed by atoms with van der Waals surface area (Å²) >= 11 is 7.99. The van der Waals surface area contributed by atoms with E-state index in [0.29, 0.717) is 0 Å². The number of sulfone groups is 1. The van der Waals surface area contributed by atoms with Crippen molar-refractivity contribution in [2.45, 2.75) is 13.0 Å². The number of nitrogens with zero attached hydrogens (tertiary/aromatic N) is 1. The molecule has 0 bridgehead atoms. The highest BCUT2D eigenvalue weighted by atomic mass is 35.5. The van der Waals surface area contributed by atoms with Gasteiger partial charge in [-0.15, -0.1) is 11.3 Å². The van der Waals surface area contributed by atoms with Crippen LogP contribution in [-0.2, 0) is 22.8 Å². The Kier molecular flexibility index (Phi) is 3.86. The minimum atomic E-state index is -3.12. The van der Waals surface area contributed by atoms with Gasteiger partial charge in [0.15, 0.2) is 9.84 Å². The summed E-state index contributed by atoms with van der Waals surface area (Å²) in [5, 5.41) is 3.29. The minimum Gasteiger partial charge on any atom is -0.302 e. The van der Waals surface area contributed by atoms with Gasteiger partial charge in [0.1, 0.15) is 0 Å². The molecule has 0 atom stereocenters. The zero-order valence-electron chi connectivity index (χ0n) is 11.9. The Labute approximate surface area is 133 Å². The Balaban J connectivity index is 2.25. The summed E-state index contributed by atoms with van der Waals surface area (Å²) in [4.78, 5) is 3.25. The van der Waals surface area contributed by atoms with Crippen LogP contribution in [0.25, 0.3) is 16.2 Å². The molecule has 1 aromatic heterocycles. The lowest BCUT2D eigenvalue weighted by molar-refractivity contribution is 0.337. The second-order valence-electron chi connectivity index (χ2n) is 5.46. The third kappa shape index (κ3) is 3.01. The van der Waals surface area contributed by atoms with Crippen molar-refractivity contribution in [2.24, 2.45) is 0 Å². The standard InChI is InChI=1S/C15H16ClNO2S2/c1-17-7-5-10-12(16)3-4-14-15(10)11(9-17)13(20-14)6-8-21(2,18)19/h3-4,6,8H,5,7,9H2,1-2H3. The van der Waals surface area contributed by atoms with E-state index >= 15 is 0 Å². The van der Waals surface area contributed by atoms with E-state index in [0.717, 1.165) is 29.4 Å². The van der Waals surface area contributed by atoms with Gasteiger partial charge in [0.2, 0.25) is 0 Å². The fourth-order valence-electron chi connectivity index (χ4n) is 2.69. The van der Waals surface area contributed by atoms with Gasteiger partial charge in [-0.05, 0) is 42.8 Å². The SMILES string of the molecule is CN1CCc2c(Cl)ccc3sc(C=CS(C)(=O)=O)c(c23)C1. The van der Waals surface area contributed by atoms with Crippen molar-refractivity contribution in [3.63, 3.8) is 0 Å². The second-order valence-corrected chi connectivity index (χ2v) is 8.89. The molecule has 3 nitrogen and oxygen atoms in total. The maximum atomic E-state index is 11.4. The van der Waals surface area contributed by atoms with Crippen molar-refractivity contribution in [1.29, 1.82) is 0 Å². The van der Waals surface area contributed by atoms with Crippen LogP contribution in [0.3, 0.4) is 0 Å². The molecular formula is C15H16ClNO2S2. The Morgan fingerprint density at radius 3 is 2.81 bits per heavy atom. The van der Waals surface area contributed by atoms with Crippen molar-refractivity contribution in [1.82, 2.24) is 4.90 Å². The number of hydrogen-bond donors (Lipinski definition) is 0. The predicted molar refractivity (Wildman–Crippen MR) is 90.8 cm³/mol. The van der Waals surface area contributed by atoms with Crippen LogP contribution in [0.5, 0.6) is 0 Å². The molecule has 3 rings (SSSR count). The maximum Gasteiger partial charge on any atom is 0.168 e. The van der Waals surface area contributed by atoms with Crippen LogP contribution in [-0.4, -0.2) is 33.2 Å². The normalized spacial score (nSPS) is 16.7. The van der Waals surface area contributed by atoms with Crippen molar-refractivity contribution < 1.29 is 8.42 Å². The summed E-state index contributed by atoms with van der Waals surface area (Å²) in [6.45, 7) is 1.77. The molecule has 2 aromatic rings. The fraction of sp³-hybridized carbons (Fsp3) is 0.333. The minimum absolute atomic E-state index is 0.801. The number of thiophene rings is 1. The van der Waals surface area contributed by atoms with Crippen molar-refractivity contribution in [3.8, 4) is 0 Å². The molecule has 6 heteroatoms. The topological polar surface area (TPSA) is 37.4 Å². The van der Waals surface area contributed by atoms with Crippen LogP contribution in [0.4, 0.5) is 0 Å². The van der Waals surface area contributed by atoms with E-state index < -0.39 is 9.84 Å². The molecule has 0 spiro atoms. The maximum absolute atomic E-state index is 11.4. The molecule has 0 fully saturated rings. The van der Waals surface area contributed by atoms with Crippen LogP contribution in [0.1, 0.15) is 16.0 Å². The van der Waals surface area contributed by atoms with Crippen LogP contribution in [0, 0.1) is 0 Å². The van der Waals surface area contributed by atoms with Gasteiger partial charge in [0, 0.05) is 44.7 Å². The molecule has 21 heavy (non-hydrogen) atoms. The van der Waals surface area contributed by atoms with Crippen molar-refractivity contribution in [3.05, 3.63) is 38.6 Å². The molecule has 0 saturated heterocycles. The number of benzene rings is 1. The van der Waals surface area contributed by atoms with E-state index in [-0.39, 0.29) is 0 Å². The first kappa shape index (κ1) is 15.0. The molecule has 1 aliphatic heterocycles. The summed E-state index contributed by atoms with van der Waals surface area (Å²) in [5.41, 5.74) is 2.37. The lowest BCUT2D eigenvalue weighted by atomic mass is 10.0. The molecule has 1 aliphatic rings. The van der Waals surface area contributed by atoms with Gasteiger partial charge in [0.25, 0.3) is 0 Å². The Morgan fingerprint density at radius 2 is 2.10 bits per heavy atom. The highest BCUT2D eigenvalue weighted by Gasteiger charge is 2.21. The number of halogens is 1. The van der Waals surface area contributed by atoms with Crippen molar-refractivity contribution in [2.75, 3.05) is 19.8 Å². The monoisotopic (exact) mass is 341 g/mol. The number of likely N-dealkylation sites (N-methyl/N-ethyl adjacent to an activating group) is 1. The van der Waals surface area contributed by atoms with Gasteiger partial charge in [-0.3, -0.25) is 0 Å². The van der Waals surface area contributed by atoms with Gasteiger partial charge in [0.05, 0.1) is 0 Å². The predicted octanol–water partition coefficient (Wildman–Crippen LogP) is 3.56. The molecule has 112 valence electrons. The van der Waals surface area contributed by atoms with E-state index in [4.69, 9.17) is 11.6 Å². The molecule has 0 N–H and O–H groups in total. The Morgan fingerprint density at radius 1 is 1.33 bits per heavy atom. The smallest absolute Gasteiger partial charge is 0.168 e. The van der Waals surface area contributed by atoms with Crippen LogP contribution >= 0.6 is 22.9 Å². The first-order valence-electron chi connectivity index (χ1n) is 6.64. The zero-order valence-corrected chi connectivity index (χ0v) is 14.3. The summed E-state index contributed by atoms with van der Waals surface area (Å²) < 4.78 is 23.9. The summed E-state index contributed by atoms with van der Waals surface area (Å²) in [5.74, 6) is 0. The average Bonchev–Trinajstić information content (AvgIpc) is 2.62. The molecule has 2 heterocycles. The van der Waals surface area contributed by atoms with E-state index in [1.54, 1.807) is 17.4 Å². The quantitative estimate of drug-likeness (QED) is 0.838. The molecule has 0 unspecified atom stereocenters. The summed E-state index contributed by atoms with van der Waals surface area (Å²) in [7, 11) is -1.04. The van der Waals surface area contributed by atoms with E-state index in [2.05, 4.69) is 11.9 Å². The van der Waals surface area contributed by atoms with Crippen molar-refractivity contribution >= 4 is 48.9 Å². The Bertz CT molecular complexity index is 837. The second kappa shape index (κ2) is 5.39. The van der Waals surface area contributed by atoms with Crippen LogP contribution in [0.2, 0.25) is 5.02 Å². The molecule has 0 aliphatic carbocycles. The Hall–Kier alpha value is -0.880. The molecule has 0 amide bonds. The highest BCUT2D eigenvalue weighted by Crippen LogP contribution is 2.39. The third-order valence-corrected chi connectivity index (χ3v) is 5.82. The van der Waals surface area contributed by atoms with Gasteiger partial charge >= 0.3 is 0 Å². The number of rotatable bonds is 2. The molecule has 0 saturated carbocycles. The van der Waals surface area contributed by atoms with E-state index in [9.17, 15) is 8.42 Å². The van der Waals surface area contributed by atoms with Gasteiger partial charge in [-0.25, -0.2) is 8.42 Å². The summed E-state index contributed by atoms with van der Waals surface area (Å²) in [6.07, 6.45) is 3.85. The lowest BCUT2D eigenvalue weighted by Crippen LogP contribution is -2.18. The summed E-state index contributed by atoms with van der Waals surface area (Å²) in [6, 6.07) is 3.97. The molecule has 1 aromatic carbocycles. The largest absolute Gasteiger partial charge is 0.302 e. The van der Waals surface area contributed by atoms with Crippen LogP contribution < -0.4 is 0 Å². The lowest BCUT2D eigenvalue weighted by Gasteiger charge is -2.13. The third-order valence-electron chi connectivity index (χ3n) is 3.67. The van der Waals surface area contributed by atoms with Gasteiger partial charge in [-0.2, -0.15) is 0 Å². The first-order valence-corrected chi connectivity index (χ1v) is 9.79. The van der Waals surface area contributed by atoms with Gasteiger partial charge < -0.3 is 4.90 Å². The van der Waals surface area contributed by atoms with Gasteiger partial charge in [-0.1, -0.05) is 11.6 Å². The first-order chi connectivity index (χ1) is 9.85. The highest BCUT2D eigenvalue weighted by molar-refractivity contribution is 7.93. The average molecular weight is 342 g/mol. The zero-order chi connectivity index (χ0) is 15.2. The van der Waals surface area contributed by atoms with E-state index in [1.807, 2.05) is 12.1 Å². The van der Waals surface area contributed by atoms with Crippen LogP contribution in [0.15, 0.2) is 17.5 Å².